The highest BCUT2D eigenvalue weighted by Gasteiger charge is 2.32. The summed E-state index contributed by atoms with van der Waals surface area (Å²) in [5.74, 6) is 0.241. The predicted octanol–water partition coefficient (Wildman–Crippen LogP) is 4.44. The topological polar surface area (TPSA) is 113 Å². The first-order chi connectivity index (χ1) is 20.6. The van der Waals surface area contributed by atoms with Crippen molar-refractivity contribution in [1.82, 2.24) is 25.4 Å². The van der Waals surface area contributed by atoms with Gasteiger partial charge in [0.1, 0.15) is 12.3 Å². The Hall–Kier alpha value is -3.05. The Morgan fingerprint density at radius 3 is 2.60 bits per heavy atom. The zero-order chi connectivity index (χ0) is 30.8. The lowest BCUT2D eigenvalue weighted by Crippen LogP contribution is -2.40. The minimum Gasteiger partial charge on any atom is -0.507 e. The van der Waals surface area contributed by atoms with Gasteiger partial charge in [-0.3, -0.25) is 9.69 Å². The molecule has 0 unspecified atom stereocenters. The first-order valence-corrected chi connectivity index (χ1v) is 15.8. The molecule has 1 amide bonds. The monoisotopic (exact) mass is 595 g/mol. The van der Waals surface area contributed by atoms with Crippen LogP contribution in [0, 0.1) is 0 Å². The molecule has 236 valence electrons. The van der Waals surface area contributed by atoms with Crippen LogP contribution >= 0.6 is 0 Å². The van der Waals surface area contributed by atoms with Crippen LogP contribution < -0.4 is 5.32 Å². The number of nitrogens with one attached hydrogen (secondary N) is 2. The van der Waals surface area contributed by atoms with E-state index in [9.17, 15) is 9.90 Å². The molecule has 4 rings (SSSR count). The molecule has 3 aromatic rings. The van der Waals surface area contributed by atoms with E-state index in [2.05, 4.69) is 66.5 Å². The molecule has 1 aliphatic heterocycles. The number of ether oxygens (including phenoxy) is 2. The maximum atomic E-state index is 12.2. The number of H-pyrrole nitrogens is 1. The molecular formula is C33H51N6O4+. The number of likely N-dealkylation sites (N-methyl/N-ethyl adjacent to an activating group) is 1. The summed E-state index contributed by atoms with van der Waals surface area (Å²) in [4.78, 5) is 18.3. The second-order valence-electron chi connectivity index (χ2n) is 12.8. The lowest BCUT2D eigenvalue weighted by Gasteiger charge is -2.39. The molecule has 10 heteroatoms. The van der Waals surface area contributed by atoms with Gasteiger partial charge in [0, 0.05) is 54.7 Å². The molecule has 3 heterocycles. The first kappa shape index (κ1) is 32.9. The first-order valence-electron chi connectivity index (χ1n) is 15.8. The summed E-state index contributed by atoms with van der Waals surface area (Å²) in [6.45, 7) is 9.37. The van der Waals surface area contributed by atoms with Gasteiger partial charge in [0.2, 0.25) is 5.91 Å². The average molecular weight is 596 g/mol. The van der Waals surface area contributed by atoms with Crippen molar-refractivity contribution in [2.45, 2.75) is 64.5 Å². The summed E-state index contributed by atoms with van der Waals surface area (Å²) in [6.07, 6.45) is 5.42. The Bertz CT molecular complexity index is 1320. The minimum absolute atomic E-state index is 0.0361. The number of amides is 1. The molecule has 0 radical (unpaired) electrons. The number of aromatic nitrogens is 3. The van der Waals surface area contributed by atoms with Crippen LogP contribution in [0.3, 0.4) is 0 Å². The van der Waals surface area contributed by atoms with Gasteiger partial charge < -0.3 is 29.4 Å². The van der Waals surface area contributed by atoms with Crippen molar-refractivity contribution in [2.75, 3.05) is 67.2 Å². The number of aromatic amines is 1. The number of unbranched alkanes of at least 4 members (excludes halogenated alkanes) is 2. The number of carbonyl (C=O) groups is 1. The molecule has 0 fully saturated rings. The van der Waals surface area contributed by atoms with Gasteiger partial charge in [-0.25, -0.2) is 0 Å². The number of quaternary nitrogens is 1. The molecule has 10 nitrogen and oxygen atoms in total. The molecule has 43 heavy (non-hydrogen) atoms. The van der Waals surface area contributed by atoms with Crippen molar-refractivity contribution in [1.29, 1.82) is 0 Å². The highest BCUT2D eigenvalue weighted by Crippen LogP contribution is 2.40. The van der Waals surface area contributed by atoms with Gasteiger partial charge in [-0.1, -0.05) is 25.0 Å². The molecule has 1 aromatic carbocycles. The van der Waals surface area contributed by atoms with Crippen molar-refractivity contribution in [2.24, 2.45) is 0 Å². The number of nitrogens with zero attached hydrogens (tertiary/aromatic N) is 4. The summed E-state index contributed by atoms with van der Waals surface area (Å²) in [7, 11) is 6.42. The Balaban J connectivity index is 1.23. The van der Waals surface area contributed by atoms with E-state index < -0.39 is 0 Å². The van der Waals surface area contributed by atoms with Crippen LogP contribution in [-0.2, 0) is 20.7 Å². The van der Waals surface area contributed by atoms with Gasteiger partial charge in [-0.05, 0) is 50.5 Å². The Kier molecular flexibility index (Phi) is 11.9. The van der Waals surface area contributed by atoms with Crippen molar-refractivity contribution in [3.8, 4) is 17.0 Å². The normalized spacial score (nSPS) is 15.7. The van der Waals surface area contributed by atoms with Gasteiger partial charge >= 0.3 is 0 Å². The van der Waals surface area contributed by atoms with Gasteiger partial charge in [0.05, 0.1) is 53.3 Å². The summed E-state index contributed by atoms with van der Waals surface area (Å²) < 4.78 is 12.0. The van der Waals surface area contributed by atoms with Crippen LogP contribution in [0.4, 0.5) is 0 Å². The molecular weight excluding hydrogens is 544 g/mol. The SMILES string of the molecule is CC(C)N1CCc2[nH]c3nnc(-c4ccccc4O)cc3c2[C@H]1CCCCCNC(=O)CCOCCOCC[N+](C)(C)C. The second-order valence-corrected chi connectivity index (χ2v) is 12.8. The van der Waals surface area contributed by atoms with Crippen molar-refractivity contribution < 1.29 is 23.9 Å². The van der Waals surface area contributed by atoms with Crippen molar-refractivity contribution in [3.63, 3.8) is 0 Å². The summed E-state index contributed by atoms with van der Waals surface area (Å²) >= 11 is 0. The van der Waals surface area contributed by atoms with E-state index in [1.165, 1.54) is 11.3 Å². The van der Waals surface area contributed by atoms with Crippen LogP contribution in [-0.4, -0.2) is 109 Å². The minimum atomic E-state index is 0.0361. The molecule has 0 bridgehead atoms. The average Bonchev–Trinajstić information content (AvgIpc) is 3.34. The second kappa shape index (κ2) is 15.6. The lowest BCUT2D eigenvalue weighted by molar-refractivity contribution is -0.870. The maximum Gasteiger partial charge on any atom is 0.222 e. The van der Waals surface area contributed by atoms with E-state index >= 15 is 0 Å². The maximum absolute atomic E-state index is 12.2. The van der Waals surface area contributed by atoms with E-state index in [1.54, 1.807) is 6.07 Å². The summed E-state index contributed by atoms with van der Waals surface area (Å²) in [5, 5.41) is 23.4. The number of benzene rings is 1. The Morgan fingerprint density at radius 1 is 1.09 bits per heavy atom. The van der Waals surface area contributed by atoms with E-state index in [4.69, 9.17) is 9.47 Å². The van der Waals surface area contributed by atoms with E-state index in [1.807, 2.05) is 18.2 Å². The third kappa shape index (κ3) is 9.47. The van der Waals surface area contributed by atoms with Gasteiger partial charge in [0.25, 0.3) is 0 Å². The summed E-state index contributed by atoms with van der Waals surface area (Å²) in [6, 6.07) is 10.0. The Labute approximate surface area is 256 Å². The van der Waals surface area contributed by atoms with Gasteiger partial charge in [-0.15, -0.1) is 10.2 Å². The number of phenolic OH excluding ortho intramolecular Hbond substituents is 1. The predicted molar refractivity (Wildman–Crippen MR) is 170 cm³/mol. The van der Waals surface area contributed by atoms with Crippen molar-refractivity contribution in [3.05, 3.63) is 41.6 Å². The molecule has 1 atom stereocenters. The fraction of sp³-hybridized carbons (Fsp3) is 0.606. The fourth-order valence-corrected chi connectivity index (χ4v) is 5.73. The van der Waals surface area contributed by atoms with Crippen molar-refractivity contribution >= 4 is 16.9 Å². The van der Waals surface area contributed by atoms with Crippen LogP contribution in [0.2, 0.25) is 0 Å². The highest BCUT2D eigenvalue weighted by molar-refractivity contribution is 5.86. The molecule has 0 spiro atoms. The zero-order valence-electron chi connectivity index (χ0n) is 26.7. The van der Waals surface area contributed by atoms with E-state index in [0.717, 1.165) is 60.7 Å². The number of phenols is 1. The third-order valence-corrected chi connectivity index (χ3v) is 8.10. The van der Waals surface area contributed by atoms with E-state index in [-0.39, 0.29) is 17.7 Å². The van der Waals surface area contributed by atoms with Crippen LogP contribution in [0.5, 0.6) is 5.75 Å². The van der Waals surface area contributed by atoms with E-state index in [0.29, 0.717) is 56.7 Å². The molecule has 2 aromatic heterocycles. The highest BCUT2D eigenvalue weighted by atomic mass is 16.5. The molecule has 1 aliphatic rings. The largest absolute Gasteiger partial charge is 0.507 e. The molecule has 3 N–H and O–H groups in total. The van der Waals surface area contributed by atoms with Crippen LogP contribution in [0.25, 0.3) is 22.3 Å². The third-order valence-electron chi connectivity index (χ3n) is 8.10. The number of hydrogen-bond acceptors (Lipinski definition) is 7. The Morgan fingerprint density at radius 2 is 1.86 bits per heavy atom. The van der Waals surface area contributed by atoms with Crippen LogP contribution in [0.15, 0.2) is 30.3 Å². The summed E-state index contributed by atoms with van der Waals surface area (Å²) in [5.41, 5.74) is 4.73. The molecule has 0 saturated heterocycles. The molecule has 0 aliphatic carbocycles. The smallest absolute Gasteiger partial charge is 0.222 e. The lowest BCUT2D eigenvalue weighted by atomic mass is 9.90. The number of carbonyl (C=O) groups excluding carboxylic acids is 1. The number of fused-ring (bicyclic) bond motifs is 3. The number of rotatable bonds is 17. The van der Waals surface area contributed by atoms with Crippen LogP contribution in [0.1, 0.15) is 63.3 Å². The number of aromatic hydroxyl groups is 1. The van der Waals surface area contributed by atoms with Gasteiger partial charge in [0.15, 0.2) is 5.65 Å². The fourth-order valence-electron chi connectivity index (χ4n) is 5.73. The van der Waals surface area contributed by atoms with Gasteiger partial charge in [-0.2, -0.15) is 0 Å². The number of para-hydroxylation sites is 1. The molecule has 0 saturated carbocycles. The number of hydrogen-bond donors (Lipinski definition) is 3. The quantitative estimate of drug-likeness (QED) is 0.156. The zero-order valence-corrected chi connectivity index (χ0v) is 26.7. The standard InChI is InChI=1S/C33H50N6O4/c1-24(2)38-17-14-27-32(26-23-28(36-37-33(26)35-27)25-11-8-9-13-30(25)40)29(38)12-7-6-10-16-34-31(41)15-19-42-21-22-43-20-18-39(3,4)5/h8-9,11,13,23-24,29H,6-7,10,12,14-22H2,1-5H3,(H2-,34,35,36,37,40,41)/p+1/t29-/m1/s1.